The number of likely N-dealkylation sites (tertiary alicyclic amines) is 1. The van der Waals surface area contributed by atoms with E-state index in [0.29, 0.717) is 43.5 Å². The number of hydrazine groups is 1. The molecule has 1 aliphatic heterocycles. The van der Waals surface area contributed by atoms with Crippen molar-refractivity contribution in [2.75, 3.05) is 32.1 Å². The summed E-state index contributed by atoms with van der Waals surface area (Å²) >= 11 is 0. The van der Waals surface area contributed by atoms with E-state index in [1.54, 1.807) is 54.7 Å². The van der Waals surface area contributed by atoms with Crippen LogP contribution < -0.4 is 10.7 Å². The number of aromatic nitrogens is 1. The predicted octanol–water partition coefficient (Wildman–Crippen LogP) is 3.85. The Labute approximate surface area is 271 Å². The lowest BCUT2D eigenvalue weighted by molar-refractivity contribution is -0.643. The zero-order chi connectivity index (χ0) is 33.3. The number of carbonyl (C=O) groups is 3. The second kappa shape index (κ2) is 15.6. The van der Waals surface area contributed by atoms with Crippen molar-refractivity contribution in [1.29, 1.82) is 0 Å². The van der Waals surface area contributed by atoms with Crippen molar-refractivity contribution in [2.24, 2.45) is 0 Å². The number of nitrogens with one attached hydrogen (secondary N) is 2. The van der Waals surface area contributed by atoms with E-state index < -0.39 is 23.1 Å². The van der Waals surface area contributed by atoms with Gasteiger partial charge in [-0.15, -0.1) is 0 Å². The average molecular weight is 635 g/mol. The third kappa shape index (κ3) is 10.1. The Kier molecular flexibility index (Phi) is 11.9. The van der Waals surface area contributed by atoms with Gasteiger partial charge in [0.2, 0.25) is 11.8 Å². The molecule has 1 aromatic carbocycles. The molecule has 0 bridgehead atoms. The van der Waals surface area contributed by atoms with Crippen LogP contribution in [0.1, 0.15) is 87.7 Å². The van der Waals surface area contributed by atoms with Crippen LogP contribution in [0.15, 0.2) is 48.8 Å². The Morgan fingerprint density at radius 1 is 1.13 bits per heavy atom. The second-order valence-electron chi connectivity index (χ2n) is 13.0. The van der Waals surface area contributed by atoms with Gasteiger partial charge in [-0.05, 0) is 88.8 Å². The summed E-state index contributed by atoms with van der Waals surface area (Å²) in [5.41, 5.74) is 3.30. The van der Waals surface area contributed by atoms with Gasteiger partial charge in [0.25, 0.3) is 6.04 Å². The summed E-state index contributed by atoms with van der Waals surface area (Å²) in [7, 11) is 8.18. The summed E-state index contributed by atoms with van der Waals surface area (Å²) in [4.78, 5) is 56.2. The largest absolute Gasteiger partial charge is 0.456 e. The minimum absolute atomic E-state index is 0.0419. The van der Waals surface area contributed by atoms with E-state index >= 15 is 0 Å². The maximum Gasteiger partial charge on any atom is 0.338 e. The SMILES string of the molecule is [B]C1(OCCN[N+](=O)[C@H]2CC(=O)N(C)[C@@H]2c2cccnc2)CCC(OCCCC(=O)Nc2ccc(C(=O)OC(C)(C)C)cc2)CC1. The summed E-state index contributed by atoms with van der Waals surface area (Å²) in [5, 5.41) is 2.84. The van der Waals surface area contributed by atoms with Gasteiger partial charge in [-0.3, -0.25) is 14.6 Å². The van der Waals surface area contributed by atoms with Crippen molar-refractivity contribution < 1.29 is 33.5 Å². The fourth-order valence-corrected chi connectivity index (χ4v) is 5.71. The van der Waals surface area contributed by atoms with Crippen LogP contribution in [-0.4, -0.2) is 90.4 Å². The maximum atomic E-state index is 12.9. The highest BCUT2D eigenvalue weighted by atomic mass is 16.6. The minimum Gasteiger partial charge on any atom is -0.456 e. The molecule has 4 rings (SSSR count). The van der Waals surface area contributed by atoms with Gasteiger partial charge in [0.15, 0.2) is 0 Å². The molecular weight excluding hydrogens is 589 g/mol. The third-order valence-corrected chi connectivity index (χ3v) is 8.13. The summed E-state index contributed by atoms with van der Waals surface area (Å²) in [6.45, 7) is 6.39. The van der Waals surface area contributed by atoms with Crippen molar-refractivity contribution in [1.82, 2.24) is 15.3 Å². The third-order valence-electron chi connectivity index (χ3n) is 8.13. The smallest absolute Gasteiger partial charge is 0.338 e. The zero-order valence-corrected chi connectivity index (χ0v) is 27.2. The lowest BCUT2D eigenvalue weighted by Crippen LogP contribution is -2.44. The second-order valence-corrected chi connectivity index (χ2v) is 13.0. The maximum absolute atomic E-state index is 12.9. The number of amides is 2. The Hall–Kier alpha value is -3.84. The van der Waals surface area contributed by atoms with Crippen molar-refractivity contribution in [3.8, 4) is 0 Å². The number of ether oxygens (including phenoxy) is 3. The molecule has 1 saturated carbocycles. The van der Waals surface area contributed by atoms with E-state index in [2.05, 4.69) is 15.7 Å². The van der Waals surface area contributed by atoms with Gasteiger partial charge in [0.1, 0.15) is 24.4 Å². The first-order valence-electron chi connectivity index (χ1n) is 15.9. The molecule has 0 unspecified atom stereocenters. The molecule has 2 aromatic rings. The Bertz CT molecular complexity index is 1340. The number of benzene rings is 1. The number of carbonyl (C=O) groups excluding carboxylic acids is 3. The van der Waals surface area contributed by atoms with Gasteiger partial charge in [-0.2, -0.15) is 5.43 Å². The first kappa shape index (κ1) is 35.0. The van der Waals surface area contributed by atoms with Gasteiger partial charge >= 0.3 is 5.97 Å². The minimum atomic E-state index is -0.796. The number of hydrogen-bond donors (Lipinski definition) is 2. The van der Waals surface area contributed by atoms with E-state index in [0.717, 1.165) is 23.3 Å². The quantitative estimate of drug-likeness (QED) is 0.104. The van der Waals surface area contributed by atoms with E-state index in [9.17, 15) is 19.3 Å². The highest BCUT2D eigenvalue weighted by molar-refractivity contribution is 6.14. The van der Waals surface area contributed by atoms with Crippen molar-refractivity contribution >= 4 is 31.3 Å². The van der Waals surface area contributed by atoms with Crippen molar-refractivity contribution in [2.45, 2.75) is 95.0 Å². The van der Waals surface area contributed by atoms with Crippen LogP contribution in [0.4, 0.5) is 5.69 Å². The van der Waals surface area contributed by atoms with E-state index in [-0.39, 0.29) is 43.5 Å². The highest BCUT2D eigenvalue weighted by Crippen LogP contribution is 2.33. The lowest BCUT2D eigenvalue weighted by atomic mass is 9.69. The van der Waals surface area contributed by atoms with Crippen LogP contribution in [0.3, 0.4) is 0 Å². The average Bonchev–Trinajstić information content (AvgIpc) is 3.32. The van der Waals surface area contributed by atoms with Crippen molar-refractivity contribution in [3.63, 3.8) is 0 Å². The summed E-state index contributed by atoms with van der Waals surface area (Å²) < 4.78 is 17.3. The zero-order valence-electron chi connectivity index (χ0n) is 27.2. The normalized spacial score (nSPS) is 23.2. The number of pyridine rings is 1. The molecule has 2 radical (unpaired) electrons. The molecule has 1 saturated heterocycles. The molecule has 2 heterocycles. The number of nitrogens with zero attached hydrogens (tertiary/aromatic N) is 3. The summed E-state index contributed by atoms with van der Waals surface area (Å²) in [5.74, 6) is -0.630. The first-order valence-corrected chi connectivity index (χ1v) is 15.9. The van der Waals surface area contributed by atoms with Gasteiger partial charge in [-0.25, -0.2) is 4.79 Å². The van der Waals surface area contributed by atoms with Crippen molar-refractivity contribution in [3.05, 3.63) is 64.8 Å². The molecule has 1 aliphatic carbocycles. The van der Waals surface area contributed by atoms with Crippen LogP contribution in [0.2, 0.25) is 0 Å². The lowest BCUT2D eigenvalue weighted by Gasteiger charge is -2.37. The molecule has 0 spiro atoms. The first-order chi connectivity index (χ1) is 21.8. The molecule has 2 amide bonds. The molecule has 2 fully saturated rings. The Balaban J connectivity index is 1.08. The predicted molar refractivity (Wildman–Crippen MR) is 172 cm³/mol. The molecule has 13 heteroatoms. The molecule has 12 nitrogen and oxygen atoms in total. The number of hydrogen-bond acceptors (Lipinski definition) is 8. The molecule has 2 atom stereocenters. The summed E-state index contributed by atoms with van der Waals surface area (Å²) in [6, 6.07) is 9.31. The van der Waals surface area contributed by atoms with Crippen LogP contribution in [-0.2, 0) is 23.8 Å². The fraction of sp³-hybridized carbons (Fsp3) is 0.576. The van der Waals surface area contributed by atoms with Crippen LogP contribution in [0.5, 0.6) is 0 Å². The molecule has 1 aromatic heterocycles. The van der Waals surface area contributed by atoms with Gasteiger partial charge < -0.3 is 24.4 Å². The molecule has 246 valence electrons. The Morgan fingerprint density at radius 2 is 1.85 bits per heavy atom. The van der Waals surface area contributed by atoms with E-state index in [1.807, 2.05) is 26.8 Å². The fourth-order valence-electron chi connectivity index (χ4n) is 5.71. The standard InChI is InChI=1S/C33H44BN5O7/c1-32(2,3)46-31(42)23-9-11-25(12-10-23)37-28(40)8-6-19-44-26-13-15-33(34,16-14-26)45-20-18-36-39(43)27-21-29(41)38(4)30(27)24-7-5-17-35-22-24/h5,7,9-12,17,22,26-27,30H,6,8,13-16,18-21H2,1-4H3,(H-,36,37,40,42,43)/p+1/t26?,27-,30+,33?/m0/s1. The van der Waals surface area contributed by atoms with Gasteiger partial charge in [0, 0.05) is 43.7 Å². The molecule has 46 heavy (non-hydrogen) atoms. The number of nitroso groups, excluding NO2 is 1. The topological polar surface area (TPSA) is 139 Å². The monoisotopic (exact) mass is 634 g/mol. The molecule has 2 N–H and O–H groups in total. The van der Waals surface area contributed by atoms with Crippen LogP contribution in [0, 0.1) is 4.91 Å². The van der Waals surface area contributed by atoms with Gasteiger partial charge in [0.05, 0.1) is 36.1 Å². The van der Waals surface area contributed by atoms with E-state index in [4.69, 9.17) is 22.1 Å². The number of esters is 1. The van der Waals surface area contributed by atoms with Crippen LogP contribution >= 0.6 is 0 Å². The van der Waals surface area contributed by atoms with Crippen LogP contribution in [0.25, 0.3) is 0 Å². The number of rotatable bonds is 14. The number of likely N-dealkylation sites (N-methyl/N-ethyl adjacent to an activating group) is 1. The van der Waals surface area contributed by atoms with Gasteiger partial charge in [-0.1, -0.05) is 6.07 Å². The summed E-state index contributed by atoms with van der Waals surface area (Å²) in [6.07, 6.45) is 7.07. The Morgan fingerprint density at radius 3 is 2.50 bits per heavy atom. The molecular formula is C33H45BN5O7+. The molecule has 2 aliphatic rings. The number of anilines is 1. The highest BCUT2D eigenvalue weighted by Gasteiger charge is 2.49. The van der Waals surface area contributed by atoms with E-state index in [1.165, 1.54) is 0 Å².